The zero-order chi connectivity index (χ0) is 20.1. The van der Waals surface area contributed by atoms with Crippen LogP contribution in [0.5, 0.6) is 0 Å². The Morgan fingerprint density at radius 3 is 2.57 bits per heavy atom. The number of amides is 1. The number of nitrogens with one attached hydrogen (secondary N) is 1. The second kappa shape index (κ2) is 8.61. The molecule has 1 aromatic carbocycles. The first-order valence-corrected chi connectivity index (χ1v) is 9.77. The number of benzene rings is 1. The van der Waals surface area contributed by atoms with Gasteiger partial charge in [0.2, 0.25) is 5.90 Å². The molecule has 3 rings (SSSR count). The van der Waals surface area contributed by atoms with Crippen molar-refractivity contribution < 1.29 is 19.4 Å². The summed E-state index contributed by atoms with van der Waals surface area (Å²) in [5.41, 5.74) is 0.737. The molecule has 0 saturated heterocycles. The average Bonchev–Trinajstić information content (AvgIpc) is 2.96. The number of hydrogen-bond acceptors (Lipinski definition) is 5. The third kappa shape index (κ3) is 3.83. The molecule has 0 aromatic heterocycles. The monoisotopic (exact) mass is 384 g/mol. The lowest BCUT2D eigenvalue weighted by atomic mass is 9.79. The van der Waals surface area contributed by atoms with Crippen molar-refractivity contribution >= 4 is 11.8 Å². The summed E-state index contributed by atoms with van der Waals surface area (Å²) in [5.74, 6) is 0.204. The molecule has 1 saturated carbocycles. The van der Waals surface area contributed by atoms with Crippen molar-refractivity contribution in [1.29, 1.82) is 0 Å². The van der Waals surface area contributed by atoms with Gasteiger partial charge < -0.3 is 19.9 Å². The Morgan fingerprint density at radius 2 is 2.00 bits per heavy atom. The van der Waals surface area contributed by atoms with Gasteiger partial charge in [0.1, 0.15) is 11.3 Å². The zero-order valence-corrected chi connectivity index (χ0v) is 16.7. The lowest BCUT2D eigenvalue weighted by Gasteiger charge is -2.36. The lowest BCUT2D eigenvalue weighted by Crippen LogP contribution is -2.48. The SMILES string of the molecule is CC=C(N=C(OCC)c1ccccc1)C1=C(O)C2(CCC(OC)CC2)NC1=O. The van der Waals surface area contributed by atoms with E-state index in [4.69, 9.17) is 9.47 Å². The van der Waals surface area contributed by atoms with E-state index < -0.39 is 5.54 Å². The van der Waals surface area contributed by atoms with Crippen molar-refractivity contribution in [2.45, 2.75) is 51.2 Å². The van der Waals surface area contributed by atoms with Crippen molar-refractivity contribution in [2.75, 3.05) is 13.7 Å². The molecule has 0 atom stereocenters. The second-order valence-corrected chi connectivity index (χ2v) is 7.08. The number of nitrogens with zero attached hydrogens (tertiary/aromatic N) is 1. The fourth-order valence-corrected chi connectivity index (χ4v) is 3.88. The molecule has 0 radical (unpaired) electrons. The molecule has 6 heteroatoms. The highest BCUT2D eigenvalue weighted by Gasteiger charge is 2.48. The molecule has 0 bridgehead atoms. The Kier molecular flexibility index (Phi) is 6.19. The Balaban J connectivity index is 1.96. The summed E-state index contributed by atoms with van der Waals surface area (Å²) in [7, 11) is 1.70. The van der Waals surface area contributed by atoms with Crippen molar-refractivity contribution in [2.24, 2.45) is 4.99 Å². The van der Waals surface area contributed by atoms with Crippen LogP contribution in [0.15, 0.2) is 58.4 Å². The maximum absolute atomic E-state index is 12.8. The molecule has 2 N–H and O–H groups in total. The van der Waals surface area contributed by atoms with Gasteiger partial charge >= 0.3 is 0 Å². The smallest absolute Gasteiger partial charge is 0.257 e. The van der Waals surface area contributed by atoms with Gasteiger partial charge in [-0.3, -0.25) is 4.79 Å². The van der Waals surface area contributed by atoms with Gasteiger partial charge in [0.15, 0.2) is 0 Å². The summed E-state index contributed by atoms with van der Waals surface area (Å²) >= 11 is 0. The molecule has 2 aliphatic rings. The van der Waals surface area contributed by atoms with Crippen LogP contribution in [0.25, 0.3) is 0 Å². The van der Waals surface area contributed by atoms with Crippen molar-refractivity contribution in [3.05, 3.63) is 59.0 Å². The quantitative estimate of drug-likeness (QED) is 0.600. The molecule has 150 valence electrons. The summed E-state index contributed by atoms with van der Waals surface area (Å²) < 4.78 is 11.1. The lowest BCUT2D eigenvalue weighted by molar-refractivity contribution is -0.118. The number of allylic oxidation sites excluding steroid dienone is 1. The summed E-state index contributed by atoms with van der Waals surface area (Å²) in [6.45, 7) is 4.13. The Hall–Kier alpha value is -2.60. The maximum atomic E-state index is 12.8. The number of rotatable bonds is 5. The highest BCUT2D eigenvalue weighted by Crippen LogP contribution is 2.41. The van der Waals surface area contributed by atoms with Gasteiger partial charge in [-0.2, -0.15) is 0 Å². The molecule has 0 unspecified atom stereocenters. The number of methoxy groups -OCH3 is 1. The number of carbonyl (C=O) groups excluding carboxylic acids is 1. The van der Waals surface area contributed by atoms with E-state index in [9.17, 15) is 9.90 Å². The number of carbonyl (C=O) groups is 1. The third-order valence-electron chi connectivity index (χ3n) is 5.44. The summed E-state index contributed by atoms with van der Waals surface area (Å²) in [5, 5.41) is 14.0. The van der Waals surface area contributed by atoms with Gasteiger partial charge in [-0.15, -0.1) is 0 Å². The topological polar surface area (TPSA) is 80.2 Å². The predicted molar refractivity (Wildman–Crippen MR) is 108 cm³/mol. The average molecular weight is 384 g/mol. The van der Waals surface area contributed by atoms with E-state index in [0.717, 1.165) is 18.4 Å². The van der Waals surface area contributed by atoms with Crippen molar-refractivity contribution in [1.82, 2.24) is 5.32 Å². The first-order valence-electron chi connectivity index (χ1n) is 9.77. The standard InChI is InChI=1S/C22H28N2O4/c1-4-17(23-21(28-5-2)15-9-7-6-8-10-15)18-19(25)22(24-20(18)26)13-11-16(27-3)12-14-22/h4,6-10,16,25H,5,11-14H2,1-3H3,(H,24,26). The molecule has 1 fully saturated rings. The van der Waals surface area contributed by atoms with Crippen LogP contribution < -0.4 is 5.32 Å². The third-order valence-corrected chi connectivity index (χ3v) is 5.44. The van der Waals surface area contributed by atoms with E-state index in [1.165, 1.54) is 0 Å². The summed E-state index contributed by atoms with van der Waals surface area (Å²) in [6, 6.07) is 9.53. The van der Waals surface area contributed by atoms with E-state index >= 15 is 0 Å². The molecule has 1 aromatic rings. The Morgan fingerprint density at radius 1 is 1.32 bits per heavy atom. The van der Waals surface area contributed by atoms with E-state index in [2.05, 4.69) is 10.3 Å². The minimum atomic E-state index is -0.719. The number of ether oxygens (including phenoxy) is 2. The molecule has 1 aliphatic heterocycles. The van der Waals surface area contributed by atoms with Crippen LogP contribution >= 0.6 is 0 Å². The molecular weight excluding hydrogens is 356 g/mol. The largest absolute Gasteiger partial charge is 0.509 e. The van der Waals surface area contributed by atoms with Crippen LogP contribution in [0, 0.1) is 0 Å². The molecule has 28 heavy (non-hydrogen) atoms. The fourth-order valence-electron chi connectivity index (χ4n) is 3.88. The number of hydrogen-bond donors (Lipinski definition) is 2. The van der Waals surface area contributed by atoms with Crippen LogP contribution in [0.2, 0.25) is 0 Å². The normalized spacial score (nSPS) is 26.0. The van der Waals surface area contributed by atoms with Gasteiger partial charge in [-0.05, 0) is 51.7 Å². The number of aliphatic imine (C=N–C) groups is 1. The Bertz CT molecular complexity index is 803. The molecule has 6 nitrogen and oxygen atoms in total. The molecule has 1 spiro atoms. The highest BCUT2D eigenvalue weighted by molar-refractivity contribution is 6.03. The Labute approximate surface area is 166 Å². The molecule has 1 amide bonds. The number of aliphatic hydroxyl groups excluding tert-OH is 1. The fraction of sp³-hybridized carbons (Fsp3) is 0.455. The van der Waals surface area contributed by atoms with E-state index in [1.54, 1.807) is 20.1 Å². The van der Waals surface area contributed by atoms with E-state index in [-0.39, 0.29) is 23.3 Å². The van der Waals surface area contributed by atoms with Crippen LogP contribution in [0.1, 0.15) is 45.1 Å². The van der Waals surface area contributed by atoms with E-state index in [0.29, 0.717) is 31.0 Å². The van der Waals surface area contributed by atoms with Gasteiger partial charge in [0.05, 0.1) is 23.9 Å². The van der Waals surface area contributed by atoms with Gasteiger partial charge in [0, 0.05) is 12.7 Å². The van der Waals surface area contributed by atoms with Crippen LogP contribution in [-0.4, -0.2) is 42.3 Å². The van der Waals surface area contributed by atoms with Crippen LogP contribution in [-0.2, 0) is 14.3 Å². The minimum absolute atomic E-state index is 0.0767. The predicted octanol–water partition coefficient (Wildman–Crippen LogP) is 3.64. The molecule has 1 heterocycles. The minimum Gasteiger partial charge on any atom is -0.509 e. The first kappa shape index (κ1) is 20.1. The summed E-state index contributed by atoms with van der Waals surface area (Å²) in [4.78, 5) is 17.4. The van der Waals surface area contributed by atoms with Crippen molar-refractivity contribution in [3.63, 3.8) is 0 Å². The molecule has 1 aliphatic carbocycles. The van der Waals surface area contributed by atoms with Crippen molar-refractivity contribution in [3.8, 4) is 0 Å². The number of aliphatic hydroxyl groups is 1. The zero-order valence-electron chi connectivity index (χ0n) is 16.7. The first-order chi connectivity index (χ1) is 13.5. The van der Waals surface area contributed by atoms with Crippen LogP contribution in [0.3, 0.4) is 0 Å². The highest BCUT2D eigenvalue weighted by atomic mass is 16.5. The second-order valence-electron chi connectivity index (χ2n) is 7.08. The van der Waals surface area contributed by atoms with Gasteiger partial charge in [-0.1, -0.05) is 24.3 Å². The summed E-state index contributed by atoms with van der Waals surface area (Å²) in [6.07, 6.45) is 4.76. The van der Waals surface area contributed by atoms with Crippen LogP contribution in [0.4, 0.5) is 0 Å². The van der Waals surface area contributed by atoms with Gasteiger partial charge in [0.25, 0.3) is 5.91 Å². The van der Waals surface area contributed by atoms with Gasteiger partial charge in [-0.25, -0.2) is 4.99 Å². The maximum Gasteiger partial charge on any atom is 0.257 e. The van der Waals surface area contributed by atoms with E-state index in [1.807, 2.05) is 37.3 Å². The molecular formula is C22H28N2O4.